The number of aromatic hydroxyl groups is 1. The minimum absolute atomic E-state index is 0.0277. The fourth-order valence-corrected chi connectivity index (χ4v) is 4.95. The first kappa shape index (κ1) is 22.4. The number of phenols is 1. The van der Waals surface area contributed by atoms with E-state index in [4.69, 9.17) is 9.47 Å². The van der Waals surface area contributed by atoms with Crippen molar-refractivity contribution in [2.75, 3.05) is 39.4 Å². The maximum absolute atomic E-state index is 13.2. The third-order valence-electron chi connectivity index (χ3n) is 6.66. The van der Waals surface area contributed by atoms with Crippen LogP contribution < -0.4 is 4.74 Å². The summed E-state index contributed by atoms with van der Waals surface area (Å²) in [6, 6.07) is 11.0. The molecule has 2 aromatic carbocycles. The van der Waals surface area contributed by atoms with Gasteiger partial charge in [-0.15, -0.1) is 0 Å². The molecule has 8 nitrogen and oxygen atoms in total. The number of rotatable bonds is 5. The zero-order valence-corrected chi connectivity index (χ0v) is 19.1. The monoisotopic (exact) mass is 464 g/mol. The summed E-state index contributed by atoms with van der Waals surface area (Å²) in [4.78, 5) is 30.0. The molecule has 3 aliphatic rings. The molecule has 3 aliphatic heterocycles. The molecule has 0 aliphatic carbocycles. The highest BCUT2D eigenvalue weighted by Crippen LogP contribution is 2.41. The number of aliphatic hydroxyl groups is 1. The number of aliphatic hydroxyl groups excluding tert-OH is 1. The summed E-state index contributed by atoms with van der Waals surface area (Å²) in [5, 5.41) is 21.4. The third kappa shape index (κ3) is 4.15. The SMILES string of the molecule is C[C@@H]1Cc2cc(C(O)=C3C(=O)C(=O)N(CCN4CCOCC4)[C@H]3c3cccc(O)c3)ccc2O1. The summed E-state index contributed by atoms with van der Waals surface area (Å²) in [6.07, 6.45) is 0.755. The minimum Gasteiger partial charge on any atom is -0.508 e. The first-order valence-electron chi connectivity index (χ1n) is 11.6. The van der Waals surface area contributed by atoms with Gasteiger partial charge in [-0.2, -0.15) is 0 Å². The molecular formula is C26H28N2O6. The molecule has 1 amide bonds. The topological polar surface area (TPSA) is 99.5 Å². The molecule has 5 rings (SSSR count). The smallest absolute Gasteiger partial charge is 0.295 e. The van der Waals surface area contributed by atoms with Gasteiger partial charge in [0.05, 0.1) is 24.8 Å². The van der Waals surface area contributed by atoms with Gasteiger partial charge < -0.3 is 24.6 Å². The van der Waals surface area contributed by atoms with Crippen LogP contribution in [0.1, 0.15) is 29.7 Å². The van der Waals surface area contributed by atoms with Crippen LogP contribution in [-0.2, 0) is 20.7 Å². The van der Waals surface area contributed by atoms with Crippen molar-refractivity contribution in [3.8, 4) is 11.5 Å². The molecule has 34 heavy (non-hydrogen) atoms. The van der Waals surface area contributed by atoms with E-state index in [2.05, 4.69) is 4.90 Å². The van der Waals surface area contributed by atoms with Crippen LogP contribution in [-0.4, -0.2) is 77.2 Å². The lowest BCUT2D eigenvalue weighted by molar-refractivity contribution is -0.140. The molecule has 2 saturated heterocycles. The second kappa shape index (κ2) is 9.12. The van der Waals surface area contributed by atoms with Gasteiger partial charge in [0, 0.05) is 38.2 Å². The van der Waals surface area contributed by atoms with E-state index in [0.717, 1.165) is 24.4 Å². The second-order valence-electron chi connectivity index (χ2n) is 9.00. The van der Waals surface area contributed by atoms with Gasteiger partial charge >= 0.3 is 0 Å². The summed E-state index contributed by atoms with van der Waals surface area (Å²) in [5.41, 5.74) is 2.02. The summed E-state index contributed by atoms with van der Waals surface area (Å²) in [6.45, 7) is 5.66. The van der Waals surface area contributed by atoms with Crippen LogP contribution in [0.4, 0.5) is 0 Å². The highest BCUT2D eigenvalue weighted by molar-refractivity contribution is 6.46. The lowest BCUT2D eigenvalue weighted by Gasteiger charge is -2.31. The van der Waals surface area contributed by atoms with Crippen molar-refractivity contribution in [3.63, 3.8) is 0 Å². The Morgan fingerprint density at radius 3 is 2.65 bits per heavy atom. The summed E-state index contributed by atoms with van der Waals surface area (Å²) in [7, 11) is 0. The first-order valence-corrected chi connectivity index (χ1v) is 11.6. The Morgan fingerprint density at radius 2 is 1.88 bits per heavy atom. The van der Waals surface area contributed by atoms with E-state index >= 15 is 0 Å². The summed E-state index contributed by atoms with van der Waals surface area (Å²) >= 11 is 0. The average molecular weight is 465 g/mol. The van der Waals surface area contributed by atoms with E-state index in [1.54, 1.807) is 24.3 Å². The van der Waals surface area contributed by atoms with Crippen molar-refractivity contribution in [1.29, 1.82) is 0 Å². The Morgan fingerprint density at radius 1 is 1.09 bits per heavy atom. The quantitative estimate of drug-likeness (QED) is 0.398. The number of ether oxygens (including phenoxy) is 2. The number of phenolic OH excluding ortho intramolecular Hbond substituents is 1. The lowest BCUT2D eigenvalue weighted by atomic mass is 9.94. The number of morpholine rings is 1. The van der Waals surface area contributed by atoms with Crippen LogP contribution in [0.15, 0.2) is 48.0 Å². The van der Waals surface area contributed by atoms with Crippen molar-refractivity contribution in [1.82, 2.24) is 9.80 Å². The number of hydrogen-bond donors (Lipinski definition) is 2. The molecule has 2 aromatic rings. The predicted molar refractivity (Wildman–Crippen MR) is 125 cm³/mol. The van der Waals surface area contributed by atoms with Crippen LogP contribution in [0.3, 0.4) is 0 Å². The molecule has 2 N–H and O–H groups in total. The normalized spacial score (nSPS) is 24.3. The van der Waals surface area contributed by atoms with Crippen molar-refractivity contribution >= 4 is 17.4 Å². The molecule has 8 heteroatoms. The van der Waals surface area contributed by atoms with Crippen LogP contribution in [0.2, 0.25) is 0 Å². The highest BCUT2D eigenvalue weighted by atomic mass is 16.5. The van der Waals surface area contributed by atoms with Crippen LogP contribution in [0.25, 0.3) is 5.76 Å². The first-order chi connectivity index (χ1) is 16.4. The Kier molecular flexibility index (Phi) is 6.02. The number of likely N-dealkylation sites (tertiary alicyclic amines) is 1. The number of fused-ring (bicyclic) bond motifs is 1. The maximum Gasteiger partial charge on any atom is 0.295 e. The zero-order valence-electron chi connectivity index (χ0n) is 19.1. The van der Waals surface area contributed by atoms with Crippen LogP contribution in [0.5, 0.6) is 11.5 Å². The van der Waals surface area contributed by atoms with E-state index in [1.807, 2.05) is 13.0 Å². The molecule has 0 spiro atoms. The van der Waals surface area contributed by atoms with Crippen molar-refractivity contribution in [2.24, 2.45) is 0 Å². The van der Waals surface area contributed by atoms with Gasteiger partial charge in [-0.1, -0.05) is 12.1 Å². The fraction of sp³-hybridized carbons (Fsp3) is 0.385. The largest absolute Gasteiger partial charge is 0.508 e. The summed E-state index contributed by atoms with van der Waals surface area (Å²) in [5.74, 6) is -0.804. The molecule has 178 valence electrons. The zero-order chi connectivity index (χ0) is 23.8. The van der Waals surface area contributed by atoms with E-state index in [9.17, 15) is 19.8 Å². The number of carbonyl (C=O) groups excluding carboxylic acids is 2. The Labute approximate surface area is 198 Å². The molecule has 0 unspecified atom stereocenters. The van der Waals surface area contributed by atoms with E-state index < -0.39 is 17.7 Å². The molecule has 0 saturated carbocycles. The Bertz CT molecular complexity index is 1150. The molecule has 0 aromatic heterocycles. The summed E-state index contributed by atoms with van der Waals surface area (Å²) < 4.78 is 11.1. The Balaban J connectivity index is 1.53. The van der Waals surface area contributed by atoms with Crippen molar-refractivity contribution in [2.45, 2.75) is 25.5 Å². The fourth-order valence-electron chi connectivity index (χ4n) is 4.95. The Hall–Kier alpha value is -3.36. The van der Waals surface area contributed by atoms with Gasteiger partial charge in [0.2, 0.25) is 0 Å². The van der Waals surface area contributed by atoms with Crippen molar-refractivity contribution < 1.29 is 29.3 Å². The molecule has 3 heterocycles. The highest BCUT2D eigenvalue weighted by Gasteiger charge is 2.46. The third-order valence-corrected chi connectivity index (χ3v) is 6.66. The van der Waals surface area contributed by atoms with Gasteiger partial charge in [0.25, 0.3) is 11.7 Å². The number of amides is 1. The van der Waals surface area contributed by atoms with E-state index in [0.29, 0.717) is 43.9 Å². The van der Waals surface area contributed by atoms with E-state index in [1.165, 1.54) is 17.0 Å². The van der Waals surface area contributed by atoms with Gasteiger partial charge in [0.15, 0.2) is 0 Å². The van der Waals surface area contributed by atoms with Crippen molar-refractivity contribution in [3.05, 3.63) is 64.7 Å². The van der Waals surface area contributed by atoms with Crippen LogP contribution in [0, 0.1) is 0 Å². The molecular weight excluding hydrogens is 436 g/mol. The van der Waals surface area contributed by atoms with Crippen LogP contribution >= 0.6 is 0 Å². The number of carbonyl (C=O) groups is 2. The average Bonchev–Trinajstić information content (AvgIpc) is 3.33. The number of Topliss-reactive ketones (excluding diaryl/α,β-unsaturated/α-hetero) is 1. The van der Waals surface area contributed by atoms with Gasteiger partial charge in [-0.3, -0.25) is 14.5 Å². The number of benzene rings is 2. The standard InChI is InChI=1S/C26H28N2O6/c1-16-13-19-14-18(5-6-21(19)34-16)24(30)22-23(17-3-2-4-20(29)15-17)28(26(32)25(22)31)8-7-27-9-11-33-12-10-27/h2-6,14-16,23,29-30H,7-13H2,1H3/t16-,23+/m1/s1. The van der Waals surface area contributed by atoms with Gasteiger partial charge in [-0.25, -0.2) is 0 Å². The second-order valence-corrected chi connectivity index (χ2v) is 9.00. The molecule has 2 fully saturated rings. The number of ketones is 1. The van der Waals surface area contributed by atoms with Gasteiger partial charge in [0.1, 0.15) is 23.4 Å². The van der Waals surface area contributed by atoms with Gasteiger partial charge in [-0.05, 0) is 48.4 Å². The molecule has 0 bridgehead atoms. The lowest BCUT2D eigenvalue weighted by Crippen LogP contribution is -2.42. The van der Waals surface area contributed by atoms with E-state index in [-0.39, 0.29) is 23.2 Å². The molecule has 0 radical (unpaired) electrons. The number of nitrogens with zero attached hydrogens (tertiary/aromatic N) is 2. The minimum atomic E-state index is -0.795. The molecule has 2 atom stereocenters. The maximum atomic E-state index is 13.2. The number of hydrogen-bond acceptors (Lipinski definition) is 7. The predicted octanol–water partition coefficient (Wildman–Crippen LogP) is 2.47.